The summed E-state index contributed by atoms with van der Waals surface area (Å²) in [6.07, 6.45) is -4.74. The van der Waals surface area contributed by atoms with Crippen LogP contribution in [0.25, 0.3) is 10.9 Å². The number of para-hydroxylation sites is 1. The Balaban J connectivity index is 1.78. The van der Waals surface area contributed by atoms with E-state index in [9.17, 15) is 21.6 Å². The quantitative estimate of drug-likeness (QED) is 0.613. The van der Waals surface area contributed by atoms with Gasteiger partial charge in [-0.25, -0.2) is 18.4 Å². The summed E-state index contributed by atoms with van der Waals surface area (Å²) in [6, 6.07) is 10.5. The highest BCUT2D eigenvalue weighted by Crippen LogP contribution is 2.34. The second-order valence-electron chi connectivity index (χ2n) is 6.92. The van der Waals surface area contributed by atoms with Crippen LogP contribution in [0.1, 0.15) is 5.82 Å². The van der Waals surface area contributed by atoms with Crippen LogP contribution in [-0.2, 0) is 20.9 Å². The third kappa shape index (κ3) is 4.33. The van der Waals surface area contributed by atoms with Gasteiger partial charge in [0.15, 0.2) is 0 Å². The fourth-order valence-electron chi connectivity index (χ4n) is 3.32. The number of nitrogens with zero attached hydrogens (tertiary/aromatic N) is 3. The zero-order chi connectivity index (χ0) is 22.9. The number of benzene rings is 2. The van der Waals surface area contributed by atoms with Gasteiger partial charge in [-0.05, 0) is 30.3 Å². The van der Waals surface area contributed by atoms with Crippen molar-refractivity contribution in [1.82, 2.24) is 14.3 Å². The summed E-state index contributed by atoms with van der Waals surface area (Å²) in [5.74, 6) is -1.28. The molecular formula is C20H19F3N4O4S. The number of hydrogen-bond acceptors (Lipinski definition) is 7. The van der Waals surface area contributed by atoms with Gasteiger partial charge in [0.1, 0.15) is 16.5 Å². The van der Waals surface area contributed by atoms with E-state index in [0.29, 0.717) is 5.39 Å². The molecule has 2 aromatic carbocycles. The molecule has 3 aromatic rings. The lowest BCUT2D eigenvalue weighted by Crippen LogP contribution is -2.40. The molecule has 0 unspecified atom stereocenters. The van der Waals surface area contributed by atoms with Gasteiger partial charge in [-0.2, -0.15) is 17.5 Å². The maximum atomic E-state index is 13.3. The van der Waals surface area contributed by atoms with E-state index >= 15 is 0 Å². The average molecular weight is 468 g/mol. The van der Waals surface area contributed by atoms with Crippen LogP contribution < -0.4 is 10.1 Å². The smallest absolute Gasteiger partial charge is 0.451 e. The second-order valence-corrected chi connectivity index (χ2v) is 8.82. The van der Waals surface area contributed by atoms with Crippen molar-refractivity contribution in [2.75, 3.05) is 38.7 Å². The predicted molar refractivity (Wildman–Crippen MR) is 110 cm³/mol. The lowest BCUT2D eigenvalue weighted by Gasteiger charge is -2.27. The number of halogens is 3. The first-order valence-electron chi connectivity index (χ1n) is 9.57. The molecule has 1 aliphatic heterocycles. The van der Waals surface area contributed by atoms with Crippen LogP contribution in [-0.4, -0.2) is 56.1 Å². The third-order valence-electron chi connectivity index (χ3n) is 4.87. The fourth-order valence-corrected chi connectivity index (χ4v) is 4.91. The molecule has 0 saturated carbocycles. The number of ether oxygens (including phenoxy) is 2. The summed E-state index contributed by atoms with van der Waals surface area (Å²) in [5, 5.41) is 3.17. The Bertz CT molecular complexity index is 1250. The van der Waals surface area contributed by atoms with Gasteiger partial charge in [0, 0.05) is 24.2 Å². The van der Waals surface area contributed by atoms with Gasteiger partial charge in [-0.15, -0.1) is 0 Å². The highest BCUT2D eigenvalue weighted by atomic mass is 32.2. The molecule has 12 heteroatoms. The number of fused-ring (bicyclic) bond motifs is 1. The predicted octanol–water partition coefficient (Wildman–Crippen LogP) is 3.42. The Labute approximate surface area is 182 Å². The summed E-state index contributed by atoms with van der Waals surface area (Å²) in [4.78, 5) is 7.11. The molecule has 0 atom stereocenters. The maximum absolute atomic E-state index is 13.3. The molecule has 2 heterocycles. The van der Waals surface area contributed by atoms with Crippen LogP contribution in [0.2, 0.25) is 0 Å². The van der Waals surface area contributed by atoms with Gasteiger partial charge in [0.2, 0.25) is 15.8 Å². The van der Waals surface area contributed by atoms with Gasteiger partial charge in [0.05, 0.1) is 25.8 Å². The summed E-state index contributed by atoms with van der Waals surface area (Å²) in [6.45, 7) is 0.919. The van der Waals surface area contributed by atoms with Crippen LogP contribution in [0.15, 0.2) is 47.4 Å². The van der Waals surface area contributed by atoms with E-state index in [-0.39, 0.29) is 54.0 Å². The molecule has 8 nitrogen and oxygen atoms in total. The number of morpholine rings is 1. The molecular weight excluding hydrogens is 449 g/mol. The zero-order valence-electron chi connectivity index (χ0n) is 16.9. The van der Waals surface area contributed by atoms with E-state index in [0.717, 1.165) is 0 Å². The van der Waals surface area contributed by atoms with Gasteiger partial charge in [0.25, 0.3) is 0 Å². The Kier molecular flexibility index (Phi) is 5.93. The highest BCUT2D eigenvalue weighted by molar-refractivity contribution is 7.89. The molecule has 1 saturated heterocycles. The van der Waals surface area contributed by atoms with Crippen molar-refractivity contribution < 1.29 is 31.1 Å². The molecule has 0 bridgehead atoms. The van der Waals surface area contributed by atoms with Crippen LogP contribution in [0.5, 0.6) is 5.75 Å². The van der Waals surface area contributed by atoms with E-state index in [4.69, 9.17) is 9.47 Å². The molecule has 1 fully saturated rings. The van der Waals surface area contributed by atoms with Crippen LogP contribution in [0.4, 0.5) is 24.7 Å². The molecule has 1 aromatic heterocycles. The Morgan fingerprint density at radius 3 is 2.50 bits per heavy atom. The minimum atomic E-state index is -4.74. The molecule has 1 N–H and O–H groups in total. The van der Waals surface area contributed by atoms with Gasteiger partial charge < -0.3 is 14.8 Å². The van der Waals surface area contributed by atoms with Crippen molar-refractivity contribution in [3.05, 3.63) is 48.3 Å². The standard InChI is InChI=1S/C20H19F3N4O4S/c1-30-16-7-6-13(12-17(16)32(28,29)27-8-10-31-11-9-27)24-18-14-4-2-3-5-15(14)25-19(26-18)20(21,22)23/h2-7,12H,8-11H2,1H3,(H,24,25,26). The first-order chi connectivity index (χ1) is 15.2. The van der Waals surface area contributed by atoms with Crippen LogP contribution in [0, 0.1) is 0 Å². The molecule has 0 spiro atoms. The second kappa shape index (κ2) is 8.52. The number of sulfonamides is 1. The van der Waals surface area contributed by atoms with Gasteiger partial charge >= 0.3 is 6.18 Å². The number of hydrogen-bond donors (Lipinski definition) is 1. The van der Waals surface area contributed by atoms with E-state index in [1.807, 2.05) is 0 Å². The topological polar surface area (TPSA) is 93.7 Å². The van der Waals surface area contributed by atoms with Crippen molar-refractivity contribution in [1.29, 1.82) is 0 Å². The minimum Gasteiger partial charge on any atom is -0.495 e. The molecule has 0 aliphatic carbocycles. The van der Waals surface area contributed by atoms with Crippen LogP contribution in [0.3, 0.4) is 0 Å². The highest BCUT2D eigenvalue weighted by Gasteiger charge is 2.36. The number of anilines is 2. The lowest BCUT2D eigenvalue weighted by atomic mass is 10.2. The van der Waals surface area contributed by atoms with Crippen molar-refractivity contribution in [3.8, 4) is 5.75 Å². The SMILES string of the molecule is COc1ccc(Nc2nc(C(F)(F)F)nc3ccccc23)cc1S(=O)(=O)N1CCOCC1. The number of rotatable bonds is 5. The van der Waals surface area contributed by atoms with E-state index in [2.05, 4.69) is 15.3 Å². The molecule has 0 amide bonds. The summed E-state index contributed by atoms with van der Waals surface area (Å²) in [5.41, 5.74) is 0.335. The average Bonchev–Trinajstić information content (AvgIpc) is 2.79. The number of nitrogens with one attached hydrogen (secondary N) is 1. The molecule has 1 aliphatic rings. The fraction of sp³-hybridized carbons (Fsp3) is 0.300. The van der Waals surface area contributed by atoms with Gasteiger partial charge in [-0.1, -0.05) is 12.1 Å². The van der Waals surface area contributed by atoms with E-state index in [1.54, 1.807) is 18.2 Å². The number of aromatic nitrogens is 2. The normalized spacial score (nSPS) is 15.6. The van der Waals surface area contributed by atoms with Crippen molar-refractivity contribution in [2.45, 2.75) is 11.1 Å². The summed E-state index contributed by atoms with van der Waals surface area (Å²) < 4.78 is 77.9. The third-order valence-corrected chi connectivity index (χ3v) is 6.79. The zero-order valence-corrected chi connectivity index (χ0v) is 17.7. The van der Waals surface area contributed by atoms with Gasteiger partial charge in [-0.3, -0.25) is 0 Å². The monoisotopic (exact) mass is 468 g/mol. The molecule has 4 rings (SSSR count). The lowest BCUT2D eigenvalue weighted by molar-refractivity contribution is -0.144. The number of alkyl halides is 3. The Morgan fingerprint density at radius 1 is 1.09 bits per heavy atom. The molecule has 0 radical (unpaired) electrons. The molecule has 32 heavy (non-hydrogen) atoms. The first-order valence-corrected chi connectivity index (χ1v) is 11.0. The van der Waals surface area contributed by atoms with E-state index < -0.39 is 22.0 Å². The Hall–Kier alpha value is -2.96. The largest absolute Gasteiger partial charge is 0.495 e. The van der Waals surface area contributed by atoms with E-state index in [1.165, 1.54) is 35.7 Å². The maximum Gasteiger partial charge on any atom is 0.451 e. The van der Waals surface area contributed by atoms with Crippen molar-refractivity contribution in [3.63, 3.8) is 0 Å². The minimum absolute atomic E-state index is 0.0946. The van der Waals surface area contributed by atoms with Crippen LogP contribution >= 0.6 is 0 Å². The number of methoxy groups -OCH3 is 1. The first kappa shape index (κ1) is 22.2. The Morgan fingerprint density at radius 2 is 1.81 bits per heavy atom. The van der Waals surface area contributed by atoms with Crippen molar-refractivity contribution >= 4 is 32.4 Å². The van der Waals surface area contributed by atoms with Crippen molar-refractivity contribution in [2.24, 2.45) is 0 Å². The summed E-state index contributed by atoms with van der Waals surface area (Å²) in [7, 11) is -2.58. The molecule has 170 valence electrons. The summed E-state index contributed by atoms with van der Waals surface area (Å²) >= 11 is 0.